The van der Waals surface area contributed by atoms with E-state index < -0.39 is 31.4 Å². The van der Waals surface area contributed by atoms with Gasteiger partial charge in [0, 0.05) is 43.0 Å². The predicted octanol–water partition coefficient (Wildman–Crippen LogP) is 0.736. The molecule has 3 rings (SSSR count). The van der Waals surface area contributed by atoms with Gasteiger partial charge in [-0.25, -0.2) is 4.98 Å². The zero-order chi connectivity index (χ0) is 22.3. The number of halogens is 1. The zero-order valence-electron chi connectivity index (χ0n) is 18.0. The first-order chi connectivity index (χ1) is 13.9. The number of nitrogens with one attached hydrogen (secondary N) is 1. The molecule has 0 amide bonds. The minimum Gasteiger partial charge on any atom is -0.412 e. The number of hydrogen-bond donors (Lipinski definition) is 3. The molecular weight excluding hydrogens is 486 g/mol. The van der Waals surface area contributed by atoms with Crippen molar-refractivity contribution in [2.45, 2.75) is 50.2 Å². The third kappa shape index (κ3) is 6.50. The molecule has 1 saturated heterocycles. The van der Waals surface area contributed by atoms with Crippen LogP contribution in [0.5, 0.6) is 0 Å². The number of fused-ring (bicyclic) bond motifs is 1. The van der Waals surface area contributed by atoms with Gasteiger partial charge in [0.25, 0.3) is 20.2 Å². The van der Waals surface area contributed by atoms with Gasteiger partial charge in [-0.3, -0.25) is 9.11 Å². The van der Waals surface area contributed by atoms with Crippen LogP contribution in [0.1, 0.15) is 43.9 Å². The molecule has 15 heteroatoms. The van der Waals surface area contributed by atoms with Crippen molar-refractivity contribution >= 4 is 44.1 Å². The lowest BCUT2D eigenvalue weighted by molar-refractivity contribution is 0.223. The van der Waals surface area contributed by atoms with E-state index in [0.717, 1.165) is 22.7 Å². The summed E-state index contributed by atoms with van der Waals surface area (Å²) in [5, 5.41) is 7.90. The molecule has 1 fully saturated rings. The van der Waals surface area contributed by atoms with Gasteiger partial charge in [0.1, 0.15) is 5.82 Å². The van der Waals surface area contributed by atoms with Gasteiger partial charge in [-0.15, -0.1) is 12.4 Å². The van der Waals surface area contributed by atoms with Gasteiger partial charge in [-0.2, -0.15) is 26.4 Å². The SMILES string of the molecule is Cc1cc(NC2CCN(CC(S(=O)(=O)O)S(=O)(=O)O)CC2)n2ncc(C(C)C)c2n1.Cl.O. The Morgan fingerprint density at radius 3 is 2.22 bits per heavy atom. The molecule has 12 nitrogen and oxygen atoms in total. The summed E-state index contributed by atoms with van der Waals surface area (Å²) < 4.78 is 63.1. The maximum atomic E-state index is 11.3. The maximum absolute atomic E-state index is 11.3. The van der Waals surface area contributed by atoms with E-state index in [1.54, 1.807) is 9.42 Å². The molecule has 0 aromatic carbocycles. The fourth-order valence-corrected chi connectivity index (χ4v) is 5.66. The topological polar surface area (TPSA) is 186 Å². The number of aryl methyl sites for hydroxylation is 1. The van der Waals surface area contributed by atoms with Crippen molar-refractivity contribution in [3.63, 3.8) is 0 Å². The lowest BCUT2D eigenvalue weighted by atomic mass is 10.1. The second-order valence-corrected chi connectivity index (χ2v) is 11.4. The summed E-state index contributed by atoms with van der Waals surface area (Å²) in [6.07, 6.45) is 3.04. The van der Waals surface area contributed by atoms with E-state index in [0.29, 0.717) is 25.9 Å². The Morgan fingerprint density at radius 1 is 1.16 bits per heavy atom. The normalized spacial score (nSPS) is 16.2. The van der Waals surface area contributed by atoms with E-state index in [2.05, 4.69) is 29.2 Å². The molecule has 0 spiro atoms. The number of aromatic nitrogens is 3. The largest absolute Gasteiger partial charge is 0.412 e. The second-order valence-electron chi connectivity index (χ2n) is 7.95. The van der Waals surface area contributed by atoms with Gasteiger partial charge in [0.2, 0.25) is 4.58 Å². The van der Waals surface area contributed by atoms with Crippen LogP contribution in [0, 0.1) is 6.92 Å². The molecule has 1 aliphatic heterocycles. The summed E-state index contributed by atoms with van der Waals surface area (Å²) in [5.41, 5.74) is 2.71. The van der Waals surface area contributed by atoms with Gasteiger partial charge < -0.3 is 15.7 Å². The zero-order valence-corrected chi connectivity index (χ0v) is 20.4. The van der Waals surface area contributed by atoms with Crippen molar-refractivity contribution in [1.82, 2.24) is 19.5 Å². The van der Waals surface area contributed by atoms with Crippen molar-refractivity contribution in [1.29, 1.82) is 0 Å². The molecule has 0 atom stereocenters. The van der Waals surface area contributed by atoms with Gasteiger partial charge in [-0.05, 0) is 25.7 Å². The quantitative estimate of drug-likeness (QED) is 0.444. The summed E-state index contributed by atoms with van der Waals surface area (Å²) in [4.78, 5) is 6.19. The molecule has 184 valence electrons. The van der Waals surface area contributed by atoms with E-state index in [1.165, 1.54) is 0 Å². The van der Waals surface area contributed by atoms with E-state index in [9.17, 15) is 16.8 Å². The van der Waals surface area contributed by atoms with Crippen molar-refractivity contribution in [3.8, 4) is 0 Å². The van der Waals surface area contributed by atoms with Crippen LogP contribution in [0.3, 0.4) is 0 Å². The number of piperidine rings is 1. The van der Waals surface area contributed by atoms with E-state index >= 15 is 0 Å². The molecule has 2 aromatic rings. The van der Waals surface area contributed by atoms with Crippen molar-refractivity contribution in [2.24, 2.45) is 0 Å². The third-order valence-electron chi connectivity index (χ3n) is 5.26. The first-order valence-corrected chi connectivity index (χ1v) is 12.6. The highest BCUT2D eigenvalue weighted by molar-refractivity contribution is 8.04. The highest BCUT2D eigenvalue weighted by Crippen LogP contribution is 2.24. The van der Waals surface area contributed by atoms with Gasteiger partial charge in [0.05, 0.1) is 6.20 Å². The monoisotopic (exact) mass is 515 g/mol. The van der Waals surface area contributed by atoms with E-state index in [1.807, 2.05) is 19.2 Å². The van der Waals surface area contributed by atoms with Crippen LogP contribution in [0.25, 0.3) is 5.65 Å². The number of anilines is 1. The first-order valence-electron chi connectivity index (χ1n) is 9.63. The molecule has 3 heterocycles. The highest BCUT2D eigenvalue weighted by atomic mass is 35.5. The Hall–Kier alpha value is -1.55. The third-order valence-corrected chi connectivity index (χ3v) is 8.35. The lowest BCUT2D eigenvalue weighted by Crippen LogP contribution is -2.46. The van der Waals surface area contributed by atoms with Crippen LogP contribution in [0.4, 0.5) is 5.82 Å². The molecule has 0 unspecified atom stereocenters. The van der Waals surface area contributed by atoms with Crippen LogP contribution in [0.2, 0.25) is 0 Å². The molecule has 1 aliphatic rings. The number of rotatable bonds is 7. The lowest BCUT2D eigenvalue weighted by Gasteiger charge is -2.33. The Balaban J connectivity index is 0.00000256. The summed E-state index contributed by atoms with van der Waals surface area (Å²) >= 11 is 0. The smallest absolute Gasteiger partial charge is 0.286 e. The summed E-state index contributed by atoms with van der Waals surface area (Å²) in [7, 11) is -9.86. The Labute approximate surface area is 193 Å². The minimum absolute atomic E-state index is 0. The molecule has 32 heavy (non-hydrogen) atoms. The summed E-state index contributed by atoms with van der Waals surface area (Å²) in [6.45, 7) is 6.40. The van der Waals surface area contributed by atoms with Crippen LogP contribution in [-0.2, 0) is 20.2 Å². The van der Waals surface area contributed by atoms with Crippen LogP contribution in [-0.4, -0.2) is 81.2 Å². The van der Waals surface area contributed by atoms with E-state index in [4.69, 9.17) is 9.11 Å². The Kier molecular flexibility index (Phi) is 9.42. The first kappa shape index (κ1) is 28.5. The Bertz CT molecular complexity index is 1100. The second kappa shape index (κ2) is 10.6. The number of nitrogens with zero attached hydrogens (tertiary/aromatic N) is 4. The number of hydrogen-bond acceptors (Lipinski definition) is 8. The predicted molar refractivity (Wildman–Crippen MR) is 123 cm³/mol. The molecule has 0 saturated carbocycles. The van der Waals surface area contributed by atoms with Crippen LogP contribution in [0.15, 0.2) is 12.3 Å². The molecule has 5 N–H and O–H groups in total. The standard InChI is InChI=1S/C17H27N5O6S2.ClH.H2O/c1-11(2)14-9-18-22-15(8-12(3)19-17(14)22)20-13-4-6-21(7-5-13)10-16(29(23,24)25)30(26,27)28;;/h8-9,11,13,16,20H,4-7,10H2,1-3H3,(H,23,24,25)(H,26,27,28);1H;1H2. The van der Waals surface area contributed by atoms with Crippen molar-refractivity contribution < 1.29 is 31.4 Å². The Morgan fingerprint density at radius 2 is 1.72 bits per heavy atom. The summed E-state index contributed by atoms with van der Waals surface area (Å²) in [5.74, 6) is 1.09. The van der Waals surface area contributed by atoms with Crippen LogP contribution >= 0.6 is 12.4 Å². The van der Waals surface area contributed by atoms with Gasteiger partial charge in [-0.1, -0.05) is 13.8 Å². The fourth-order valence-electron chi connectivity index (χ4n) is 3.63. The fraction of sp³-hybridized carbons (Fsp3) is 0.647. The van der Waals surface area contributed by atoms with Crippen molar-refractivity contribution in [2.75, 3.05) is 25.0 Å². The molecule has 2 aromatic heterocycles. The van der Waals surface area contributed by atoms with Gasteiger partial charge >= 0.3 is 0 Å². The van der Waals surface area contributed by atoms with Crippen LogP contribution < -0.4 is 5.32 Å². The van der Waals surface area contributed by atoms with Gasteiger partial charge in [0.15, 0.2) is 5.65 Å². The highest BCUT2D eigenvalue weighted by Gasteiger charge is 2.38. The average Bonchev–Trinajstić information content (AvgIpc) is 3.03. The molecular formula is C17H30ClN5O7S2. The number of likely N-dealkylation sites (tertiary alicyclic amines) is 1. The molecule has 0 aliphatic carbocycles. The van der Waals surface area contributed by atoms with Crippen molar-refractivity contribution in [3.05, 3.63) is 23.5 Å². The minimum atomic E-state index is -4.93. The average molecular weight is 516 g/mol. The maximum Gasteiger partial charge on any atom is 0.286 e. The molecule has 0 bridgehead atoms. The van der Waals surface area contributed by atoms with E-state index in [-0.39, 0.29) is 29.8 Å². The molecule has 0 radical (unpaired) electrons. The summed E-state index contributed by atoms with van der Waals surface area (Å²) in [6, 6.07) is 1.97.